The van der Waals surface area contributed by atoms with E-state index in [4.69, 9.17) is 0 Å². The van der Waals surface area contributed by atoms with Gasteiger partial charge in [-0.2, -0.15) is 0 Å². The molecular formula is C18H17N3OS. The number of hydrogen-bond acceptors (Lipinski definition) is 4. The van der Waals surface area contributed by atoms with Gasteiger partial charge in [-0.25, -0.2) is 4.98 Å². The lowest BCUT2D eigenvalue weighted by molar-refractivity contribution is 0.0954. The first-order valence-corrected chi connectivity index (χ1v) is 8.31. The topological polar surface area (TPSA) is 54.9 Å². The Balaban J connectivity index is 1.55. The van der Waals surface area contributed by atoms with Crippen LogP contribution >= 0.6 is 11.3 Å². The molecule has 0 fully saturated rings. The second kappa shape index (κ2) is 7.15. The van der Waals surface area contributed by atoms with Crippen LogP contribution in [0.4, 0.5) is 0 Å². The summed E-state index contributed by atoms with van der Waals surface area (Å²) in [7, 11) is 0. The standard InChI is InChI=1S/C18H17N3OS/c1-13-5-4-6-14(11-13)18(22)20-10-8-17-21-16(12-23-17)15-7-2-3-9-19-15/h2-7,9,11-12H,8,10H2,1H3,(H,20,22). The van der Waals surface area contributed by atoms with E-state index in [-0.39, 0.29) is 5.91 Å². The number of amides is 1. The van der Waals surface area contributed by atoms with E-state index >= 15 is 0 Å². The number of benzene rings is 1. The molecule has 0 unspecified atom stereocenters. The zero-order valence-electron chi connectivity index (χ0n) is 12.8. The second-order valence-corrected chi connectivity index (χ2v) is 6.16. The average molecular weight is 323 g/mol. The quantitative estimate of drug-likeness (QED) is 0.782. The third-order valence-corrected chi connectivity index (χ3v) is 4.29. The number of nitrogens with one attached hydrogen (secondary N) is 1. The summed E-state index contributed by atoms with van der Waals surface area (Å²) in [6.45, 7) is 2.55. The minimum atomic E-state index is -0.0461. The number of nitrogens with zero attached hydrogens (tertiary/aromatic N) is 2. The lowest BCUT2D eigenvalue weighted by Gasteiger charge is -2.04. The fourth-order valence-corrected chi connectivity index (χ4v) is 3.02. The first-order valence-electron chi connectivity index (χ1n) is 7.43. The molecule has 23 heavy (non-hydrogen) atoms. The van der Waals surface area contributed by atoms with Crippen LogP contribution in [-0.2, 0) is 6.42 Å². The molecule has 116 valence electrons. The molecule has 0 aliphatic heterocycles. The van der Waals surface area contributed by atoms with E-state index in [2.05, 4.69) is 15.3 Å². The van der Waals surface area contributed by atoms with E-state index in [0.29, 0.717) is 12.1 Å². The Kier molecular flexibility index (Phi) is 4.78. The Hall–Kier alpha value is -2.53. The number of aryl methyl sites for hydroxylation is 1. The van der Waals surface area contributed by atoms with Gasteiger partial charge in [0.1, 0.15) is 0 Å². The number of hydrogen-bond donors (Lipinski definition) is 1. The molecule has 1 N–H and O–H groups in total. The number of carbonyl (C=O) groups excluding carboxylic acids is 1. The molecule has 0 radical (unpaired) electrons. The highest BCUT2D eigenvalue weighted by Crippen LogP contribution is 2.19. The summed E-state index contributed by atoms with van der Waals surface area (Å²) < 4.78 is 0. The fourth-order valence-electron chi connectivity index (χ4n) is 2.23. The minimum absolute atomic E-state index is 0.0461. The molecule has 0 aliphatic carbocycles. The van der Waals surface area contributed by atoms with Gasteiger partial charge < -0.3 is 5.32 Å². The molecule has 0 atom stereocenters. The molecule has 3 aromatic rings. The fraction of sp³-hybridized carbons (Fsp3) is 0.167. The van der Waals surface area contributed by atoms with E-state index in [1.54, 1.807) is 17.5 Å². The Morgan fingerprint density at radius 3 is 2.87 bits per heavy atom. The van der Waals surface area contributed by atoms with Crippen molar-refractivity contribution >= 4 is 17.2 Å². The van der Waals surface area contributed by atoms with Gasteiger partial charge in [0.05, 0.1) is 16.4 Å². The molecule has 0 spiro atoms. The van der Waals surface area contributed by atoms with Gasteiger partial charge in [-0.1, -0.05) is 23.8 Å². The van der Waals surface area contributed by atoms with Crippen LogP contribution < -0.4 is 5.32 Å². The van der Waals surface area contributed by atoms with Crippen molar-refractivity contribution in [3.8, 4) is 11.4 Å². The summed E-state index contributed by atoms with van der Waals surface area (Å²) in [5, 5.41) is 5.93. The van der Waals surface area contributed by atoms with Gasteiger partial charge >= 0.3 is 0 Å². The van der Waals surface area contributed by atoms with Crippen molar-refractivity contribution in [3.63, 3.8) is 0 Å². The van der Waals surface area contributed by atoms with E-state index in [1.807, 2.05) is 54.8 Å². The summed E-state index contributed by atoms with van der Waals surface area (Å²) in [5.74, 6) is -0.0461. The van der Waals surface area contributed by atoms with Gasteiger partial charge in [0.25, 0.3) is 5.91 Å². The van der Waals surface area contributed by atoms with Crippen molar-refractivity contribution in [2.45, 2.75) is 13.3 Å². The van der Waals surface area contributed by atoms with Crippen LogP contribution in [0.5, 0.6) is 0 Å². The molecule has 0 bridgehead atoms. The lowest BCUT2D eigenvalue weighted by atomic mass is 10.1. The van der Waals surface area contributed by atoms with Crippen molar-refractivity contribution in [2.24, 2.45) is 0 Å². The van der Waals surface area contributed by atoms with Gasteiger partial charge in [-0.15, -0.1) is 11.3 Å². The smallest absolute Gasteiger partial charge is 0.251 e. The molecule has 1 amide bonds. The monoisotopic (exact) mass is 323 g/mol. The molecule has 0 saturated carbocycles. The highest BCUT2D eigenvalue weighted by Gasteiger charge is 2.07. The van der Waals surface area contributed by atoms with Gasteiger partial charge in [-0.3, -0.25) is 9.78 Å². The van der Waals surface area contributed by atoms with Crippen molar-refractivity contribution in [2.75, 3.05) is 6.54 Å². The van der Waals surface area contributed by atoms with E-state index in [9.17, 15) is 4.79 Å². The summed E-state index contributed by atoms with van der Waals surface area (Å²) in [5.41, 5.74) is 3.53. The van der Waals surface area contributed by atoms with Gasteiger partial charge in [0.15, 0.2) is 0 Å². The maximum Gasteiger partial charge on any atom is 0.251 e. The summed E-state index contributed by atoms with van der Waals surface area (Å²) >= 11 is 1.59. The van der Waals surface area contributed by atoms with Crippen LogP contribution in [0.25, 0.3) is 11.4 Å². The van der Waals surface area contributed by atoms with Gasteiger partial charge in [0, 0.05) is 30.1 Å². The molecule has 2 aromatic heterocycles. The normalized spacial score (nSPS) is 10.5. The van der Waals surface area contributed by atoms with Crippen molar-refractivity contribution < 1.29 is 4.79 Å². The Morgan fingerprint density at radius 1 is 1.17 bits per heavy atom. The van der Waals surface area contributed by atoms with Crippen molar-refractivity contribution in [1.82, 2.24) is 15.3 Å². The molecule has 0 saturated heterocycles. The largest absolute Gasteiger partial charge is 0.352 e. The van der Waals surface area contributed by atoms with Crippen molar-refractivity contribution in [1.29, 1.82) is 0 Å². The number of rotatable bonds is 5. The molecular weight excluding hydrogens is 306 g/mol. The zero-order chi connectivity index (χ0) is 16.1. The summed E-state index contributed by atoms with van der Waals surface area (Å²) in [6.07, 6.45) is 2.48. The SMILES string of the molecule is Cc1cccc(C(=O)NCCc2nc(-c3ccccn3)cs2)c1. The van der Waals surface area contributed by atoms with E-state index in [1.165, 1.54) is 0 Å². The molecule has 1 aromatic carbocycles. The Labute approximate surface area is 139 Å². The molecule has 2 heterocycles. The maximum absolute atomic E-state index is 12.1. The third-order valence-electron chi connectivity index (χ3n) is 3.38. The molecule has 0 aliphatic rings. The first-order chi connectivity index (χ1) is 11.2. The third kappa shape index (κ3) is 4.02. The number of thiazole rings is 1. The lowest BCUT2D eigenvalue weighted by Crippen LogP contribution is -2.25. The van der Waals surface area contributed by atoms with E-state index in [0.717, 1.165) is 28.4 Å². The predicted octanol–water partition coefficient (Wildman–Crippen LogP) is 3.49. The van der Waals surface area contributed by atoms with Crippen LogP contribution in [-0.4, -0.2) is 22.4 Å². The summed E-state index contributed by atoms with van der Waals surface area (Å²) in [4.78, 5) is 20.9. The highest BCUT2D eigenvalue weighted by atomic mass is 32.1. The maximum atomic E-state index is 12.1. The molecule has 5 heteroatoms. The van der Waals surface area contributed by atoms with Crippen LogP contribution in [0.1, 0.15) is 20.9 Å². The Morgan fingerprint density at radius 2 is 2.09 bits per heavy atom. The van der Waals surface area contributed by atoms with E-state index < -0.39 is 0 Å². The second-order valence-electron chi connectivity index (χ2n) is 5.22. The van der Waals surface area contributed by atoms with Crippen LogP contribution in [0.2, 0.25) is 0 Å². The average Bonchev–Trinajstić information content (AvgIpc) is 3.04. The zero-order valence-corrected chi connectivity index (χ0v) is 13.6. The van der Waals surface area contributed by atoms with Gasteiger partial charge in [-0.05, 0) is 31.2 Å². The van der Waals surface area contributed by atoms with Crippen LogP contribution in [0.3, 0.4) is 0 Å². The summed E-state index contributed by atoms with van der Waals surface area (Å²) in [6, 6.07) is 13.4. The molecule has 3 rings (SSSR count). The number of aromatic nitrogens is 2. The van der Waals surface area contributed by atoms with Crippen LogP contribution in [0, 0.1) is 6.92 Å². The number of pyridine rings is 1. The van der Waals surface area contributed by atoms with Gasteiger partial charge in [0.2, 0.25) is 0 Å². The Bertz CT molecular complexity index is 799. The molecule has 4 nitrogen and oxygen atoms in total. The predicted molar refractivity (Wildman–Crippen MR) is 92.6 cm³/mol. The first kappa shape index (κ1) is 15.4. The number of carbonyl (C=O) groups is 1. The highest BCUT2D eigenvalue weighted by molar-refractivity contribution is 7.09. The van der Waals surface area contributed by atoms with Crippen molar-refractivity contribution in [3.05, 3.63) is 70.2 Å². The van der Waals surface area contributed by atoms with Crippen LogP contribution in [0.15, 0.2) is 54.0 Å². The minimum Gasteiger partial charge on any atom is -0.352 e.